The molecule has 0 radical (unpaired) electrons. The number of methoxy groups -OCH3 is 1. The average Bonchev–Trinajstić information content (AvgIpc) is 3.39. The number of hydrogen-bond acceptors (Lipinski definition) is 6. The number of rotatable bonds is 11. The number of aromatic carboxylic acids is 1. The van der Waals surface area contributed by atoms with Gasteiger partial charge in [-0.05, 0) is 59.7 Å². The maximum atomic E-state index is 11.2. The summed E-state index contributed by atoms with van der Waals surface area (Å²) in [5.41, 5.74) is 3.79. The number of benzene rings is 2. The Bertz CT molecular complexity index is 1150. The van der Waals surface area contributed by atoms with Crippen LogP contribution in [0.1, 0.15) is 78.4 Å². The van der Waals surface area contributed by atoms with Crippen LogP contribution < -0.4 is 4.74 Å². The highest BCUT2D eigenvalue weighted by Crippen LogP contribution is 2.45. The van der Waals surface area contributed by atoms with Gasteiger partial charge in [0.15, 0.2) is 6.79 Å². The Labute approximate surface area is 217 Å². The Hall–Kier alpha value is -2.74. The van der Waals surface area contributed by atoms with Crippen LogP contribution in [0.2, 0.25) is 0 Å². The molecule has 0 spiro atoms. The summed E-state index contributed by atoms with van der Waals surface area (Å²) in [6.07, 6.45) is 7.98. The fourth-order valence-corrected chi connectivity index (χ4v) is 5.86. The molecule has 6 nitrogen and oxygen atoms in total. The van der Waals surface area contributed by atoms with Gasteiger partial charge in [0.1, 0.15) is 10.8 Å². The van der Waals surface area contributed by atoms with Gasteiger partial charge in [-0.15, -0.1) is 11.3 Å². The summed E-state index contributed by atoms with van der Waals surface area (Å²) in [4.78, 5) is 17.0. The van der Waals surface area contributed by atoms with Crippen molar-refractivity contribution in [3.63, 3.8) is 0 Å². The molecule has 0 amide bonds. The Morgan fingerprint density at radius 2 is 1.86 bits per heavy atom. The maximum Gasteiger partial charge on any atom is 0.335 e. The van der Waals surface area contributed by atoms with Crippen LogP contribution in [0.5, 0.6) is 5.75 Å². The smallest absolute Gasteiger partial charge is 0.335 e. The highest BCUT2D eigenvalue weighted by atomic mass is 32.1. The third kappa shape index (κ3) is 6.14. The van der Waals surface area contributed by atoms with Gasteiger partial charge >= 0.3 is 5.97 Å². The van der Waals surface area contributed by atoms with Crippen molar-refractivity contribution in [3.05, 3.63) is 70.4 Å². The first-order valence-corrected chi connectivity index (χ1v) is 13.4. The van der Waals surface area contributed by atoms with Crippen molar-refractivity contribution in [1.82, 2.24) is 4.98 Å². The van der Waals surface area contributed by atoms with Crippen LogP contribution in [0.15, 0.2) is 48.7 Å². The summed E-state index contributed by atoms with van der Waals surface area (Å²) in [7, 11) is 1.66. The number of carboxylic acids is 1. The predicted molar refractivity (Wildman–Crippen MR) is 142 cm³/mol. The number of ether oxygens (including phenoxy) is 3. The lowest BCUT2D eigenvalue weighted by Crippen LogP contribution is -2.26. The summed E-state index contributed by atoms with van der Waals surface area (Å²) in [6.45, 7) is 5.71. The number of thiazole rings is 1. The van der Waals surface area contributed by atoms with Crippen LogP contribution in [-0.2, 0) is 14.9 Å². The van der Waals surface area contributed by atoms with Gasteiger partial charge in [0.05, 0.1) is 23.7 Å². The molecular weight excluding hydrogens is 474 g/mol. The lowest BCUT2D eigenvalue weighted by molar-refractivity contribution is -0.00943. The fraction of sp³-hybridized carbons (Fsp3) is 0.448. The molecule has 0 saturated heterocycles. The molecule has 3 aromatic rings. The lowest BCUT2D eigenvalue weighted by Gasteiger charge is -2.35. The van der Waals surface area contributed by atoms with Crippen LogP contribution in [-0.4, -0.2) is 43.2 Å². The van der Waals surface area contributed by atoms with Crippen LogP contribution >= 0.6 is 11.3 Å². The largest absolute Gasteiger partial charge is 0.478 e. The molecule has 1 heterocycles. The van der Waals surface area contributed by atoms with E-state index in [-0.39, 0.29) is 18.1 Å². The third-order valence-electron chi connectivity index (χ3n) is 7.15. The highest BCUT2D eigenvalue weighted by molar-refractivity contribution is 7.15. The SMILES string of the molecule is COCCOCOc1ccc(-c2cnc(C(C)c3ccc(C(=O)O)cc3)s2)cc1C1(C)CCCCC1. The lowest BCUT2D eigenvalue weighted by atomic mass is 9.70. The fourth-order valence-electron chi connectivity index (χ4n) is 4.87. The van der Waals surface area contributed by atoms with Crippen molar-refractivity contribution >= 4 is 17.3 Å². The van der Waals surface area contributed by atoms with Gasteiger partial charge in [0.25, 0.3) is 0 Å². The summed E-state index contributed by atoms with van der Waals surface area (Å²) in [5, 5.41) is 10.2. The van der Waals surface area contributed by atoms with E-state index in [1.807, 2.05) is 18.3 Å². The number of aromatic nitrogens is 1. The van der Waals surface area contributed by atoms with Gasteiger partial charge in [-0.2, -0.15) is 0 Å². The summed E-state index contributed by atoms with van der Waals surface area (Å²) < 4.78 is 16.7. The molecule has 192 valence electrons. The van der Waals surface area contributed by atoms with Crippen molar-refractivity contribution in [1.29, 1.82) is 0 Å². The molecule has 0 bridgehead atoms. The van der Waals surface area contributed by atoms with E-state index in [4.69, 9.17) is 24.3 Å². The maximum absolute atomic E-state index is 11.2. The van der Waals surface area contributed by atoms with Crippen molar-refractivity contribution in [2.75, 3.05) is 27.1 Å². The zero-order valence-corrected chi connectivity index (χ0v) is 22.1. The molecule has 1 aromatic heterocycles. The Kier molecular flexibility index (Phi) is 8.77. The molecule has 2 aromatic carbocycles. The molecule has 1 aliphatic carbocycles. The van der Waals surface area contributed by atoms with E-state index in [0.717, 1.165) is 39.6 Å². The zero-order valence-electron chi connectivity index (χ0n) is 21.3. The topological polar surface area (TPSA) is 77.9 Å². The van der Waals surface area contributed by atoms with Crippen molar-refractivity contribution < 1.29 is 24.1 Å². The van der Waals surface area contributed by atoms with Gasteiger partial charge in [-0.3, -0.25) is 0 Å². The standard InChI is InChI=1S/C29H35NO5S/c1-20(21-7-9-22(10-8-21)28(31)32)27-30-18-26(36-27)23-11-12-25(35-19-34-16-15-33-3)24(17-23)29(2)13-5-4-6-14-29/h7-12,17-18,20H,4-6,13-16,19H2,1-3H3,(H,31,32). The minimum absolute atomic E-state index is 0.0722. The molecule has 7 heteroatoms. The normalized spacial score (nSPS) is 16.0. The summed E-state index contributed by atoms with van der Waals surface area (Å²) in [5.74, 6) is 0.0492. The second kappa shape index (κ2) is 12.0. The van der Waals surface area contributed by atoms with Gasteiger partial charge in [-0.25, -0.2) is 9.78 Å². The second-order valence-corrected chi connectivity index (χ2v) is 10.8. The second-order valence-electron chi connectivity index (χ2n) is 9.71. The minimum Gasteiger partial charge on any atom is -0.478 e. The number of hydrogen-bond donors (Lipinski definition) is 1. The van der Waals surface area contributed by atoms with Gasteiger partial charge < -0.3 is 19.3 Å². The molecule has 1 N–H and O–H groups in total. The number of carboxylic acid groups (broad SMARTS) is 1. The molecule has 1 saturated carbocycles. The van der Waals surface area contributed by atoms with E-state index in [9.17, 15) is 4.79 Å². The number of carbonyl (C=O) groups is 1. The van der Waals surface area contributed by atoms with Crippen LogP contribution in [0.3, 0.4) is 0 Å². The van der Waals surface area contributed by atoms with E-state index in [1.165, 1.54) is 24.8 Å². The summed E-state index contributed by atoms with van der Waals surface area (Å²) in [6, 6.07) is 13.5. The first kappa shape index (κ1) is 26.3. The van der Waals surface area contributed by atoms with E-state index in [1.54, 1.807) is 30.6 Å². The van der Waals surface area contributed by atoms with E-state index in [2.05, 4.69) is 32.0 Å². The molecule has 1 atom stereocenters. The molecule has 4 rings (SSSR count). The molecule has 36 heavy (non-hydrogen) atoms. The average molecular weight is 510 g/mol. The minimum atomic E-state index is -0.915. The van der Waals surface area contributed by atoms with Crippen molar-refractivity contribution in [2.24, 2.45) is 0 Å². The van der Waals surface area contributed by atoms with Crippen LogP contribution in [0.25, 0.3) is 10.4 Å². The monoisotopic (exact) mass is 509 g/mol. The van der Waals surface area contributed by atoms with Crippen LogP contribution in [0.4, 0.5) is 0 Å². The first-order chi connectivity index (χ1) is 17.4. The molecule has 1 unspecified atom stereocenters. The number of nitrogens with zero attached hydrogens (tertiary/aromatic N) is 1. The summed E-state index contributed by atoms with van der Waals surface area (Å²) >= 11 is 1.68. The quantitative estimate of drug-likeness (QED) is 0.224. The van der Waals surface area contributed by atoms with Gasteiger partial charge in [0, 0.05) is 24.8 Å². The Balaban J connectivity index is 1.57. The molecule has 0 aliphatic heterocycles. The van der Waals surface area contributed by atoms with Crippen molar-refractivity contribution in [3.8, 4) is 16.2 Å². The highest BCUT2D eigenvalue weighted by Gasteiger charge is 2.32. The Morgan fingerprint density at radius 3 is 2.56 bits per heavy atom. The zero-order chi connectivity index (χ0) is 25.5. The Morgan fingerprint density at radius 1 is 1.11 bits per heavy atom. The van der Waals surface area contributed by atoms with Gasteiger partial charge in [-0.1, -0.05) is 45.2 Å². The van der Waals surface area contributed by atoms with E-state index in [0.29, 0.717) is 18.8 Å². The van der Waals surface area contributed by atoms with Crippen LogP contribution in [0, 0.1) is 0 Å². The first-order valence-electron chi connectivity index (χ1n) is 12.5. The predicted octanol–water partition coefficient (Wildman–Crippen LogP) is 6.88. The molecule has 1 aliphatic rings. The molecular formula is C29H35NO5S. The van der Waals surface area contributed by atoms with Gasteiger partial charge in [0.2, 0.25) is 0 Å². The van der Waals surface area contributed by atoms with E-state index >= 15 is 0 Å². The van der Waals surface area contributed by atoms with Crippen molar-refractivity contribution in [2.45, 2.75) is 57.3 Å². The van der Waals surface area contributed by atoms with E-state index < -0.39 is 5.97 Å². The molecule has 1 fully saturated rings. The third-order valence-corrected chi connectivity index (χ3v) is 8.38.